The molecular formula is C18H18O4S. The predicted octanol–water partition coefficient (Wildman–Crippen LogP) is 3.30. The summed E-state index contributed by atoms with van der Waals surface area (Å²) in [6.45, 7) is 1.99. The van der Waals surface area contributed by atoms with Crippen LogP contribution in [0.15, 0.2) is 53.4 Å². The summed E-state index contributed by atoms with van der Waals surface area (Å²) in [6.07, 6.45) is 4.28. The Morgan fingerprint density at radius 1 is 1.09 bits per heavy atom. The van der Waals surface area contributed by atoms with Gasteiger partial charge in [-0.15, -0.1) is 0 Å². The summed E-state index contributed by atoms with van der Waals surface area (Å²) < 4.78 is 28.4. The number of ether oxygens (including phenoxy) is 1. The lowest BCUT2D eigenvalue weighted by molar-refractivity contribution is 0.104. The fourth-order valence-corrected chi connectivity index (χ4v) is 2.90. The number of carbonyl (C=O) groups excluding carboxylic acids is 1. The van der Waals surface area contributed by atoms with Crippen LogP contribution in [-0.2, 0) is 9.84 Å². The Morgan fingerprint density at radius 3 is 2.30 bits per heavy atom. The van der Waals surface area contributed by atoms with Crippen LogP contribution in [0.4, 0.5) is 0 Å². The van der Waals surface area contributed by atoms with Crippen LogP contribution < -0.4 is 4.74 Å². The highest BCUT2D eigenvalue weighted by molar-refractivity contribution is 7.90. The predicted molar refractivity (Wildman–Crippen MR) is 90.6 cm³/mol. The van der Waals surface area contributed by atoms with Crippen LogP contribution in [-0.4, -0.2) is 27.6 Å². The van der Waals surface area contributed by atoms with Gasteiger partial charge in [-0.2, -0.15) is 0 Å². The molecule has 0 saturated carbocycles. The van der Waals surface area contributed by atoms with E-state index in [2.05, 4.69) is 0 Å². The molecule has 0 unspecified atom stereocenters. The maximum atomic E-state index is 12.2. The van der Waals surface area contributed by atoms with Crippen molar-refractivity contribution in [1.29, 1.82) is 0 Å². The van der Waals surface area contributed by atoms with Crippen LogP contribution in [0.1, 0.15) is 21.5 Å². The number of methoxy groups -OCH3 is 1. The summed E-state index contributed by atoms with van der Waals surface area (Å²) >= 11 is 0. The van der Waals surface area contributed by atoms with Gasteiger partial charge in [0.15, 0.2) is 15.6 Å². The van der Waals surface area contributed by atoms with Crippen LogP contribution >= 0.6 is 0 Å². The summed E-state index contributed by atoms with van der Waals surface area (Å²) in [6, 6.07) is 12.1. The Morgan fingerprint density at radius 2 is 1.74 bits per heavy atom. The number of benzene rings is 2. The Hall–Kier alpha value is -2.40. The van der Waals surface area contributed by atoms with Gasteiger partial charge in [0.25, 0.3) is 0 Å². The Kier molecular flexibility index (Phi) is 5.01. The third-order valence-corrected chi connectivity index (χ3v) is 4.49. The molecule has 0 atom stereocenters. The molecule has 23 heavy (non-hydrogen) atoms. The van der Waals surface area contributed by atoms with Gasteiger partial charge in [-0.3, -0.25) is 4.79 Å². The van der Waals surface area contributed by atoms with E-state index < -0.39 is 9.84 Å². The molecule has 2 rings (SSSR count). The van der Waals surface area contributed by atoms with Gasteiger partial charge in [-0.25, -0.2) is 8.42 Å². The van der Waals surface area contributed by atoms with Crippen LogP contribution in [0.5, 0.6) is 5.75 Å². The molecule has 0 amide bonds. The van der Waals surface area contributed by atoms with Crippen LogP contribution in [0.2, 0.25) is 0 Å². The summed E-state index contributed by atoms with van der Waals surface area (Å²) in [5.41, 5.74) is 2.44. The SMILES string of the molecule is COc1cc(C(=O)/C=C\c2ccc(C)cc2)ccc1S(C)(=O)=O. The van der Waals surface area contributed by atoms with Crippen molar-refractivity contribution in [2.45, 2.75) is 11.8 Å². The zero-order valence-electron chi connectivity index (χ0n) is 13.2. The van der Waals surface area contributed by atoms with E-state index in [-0.39, 0.29) is 16.4 Å². The van der Waals surface area contributed by atoms with Crippen molar-refractivity contribution in [2.75, 3.05) is 13.4 Å². The molecule has 2 aromatic rings. The lowest BCUT2D eigenvalue weighted by Gasteiger charge is -2.08. The Balaban J connectivity index is 2.28. The minimum Gasteiger partial charge on any atom is -0.495 e. The molecule has 0 fully saturated rings. The molecule has 0 aliphatic rings. The minimum absolute atomic E-state index is 0.0686. The van der Waals surface area contributed by atoms with Crippen molar-refractivity contribution >= 4 is 21.7 Å². The van der Waals surface area contributed by atoms with E-state index in [9.17, 15) is 13.2 Å². The van der Waals surface area contributed by atoms with E-state index in [4.69, 9.17) is 4.74 Å². The molecule has 0 aromatic heterocycles. The number of allylic oxidation sites excluding steroid dienone is 1. The number of sulfone groups is 1. The van der Waals surface area contributed by atoms with E-state index in [0.717, 1.165) is 17.4 Å². The molecule has 0 spiro atoms. The summed E-state index contributed by atoms with van der Waals surface area (Å²) in [7, 11) is -2.03. The van der Waals surface area contributed by atoms with Crippen LogP contribution in [0, 0.1) is 6.92 Å². The maximum absolute atomic E-state index is 12.2. The van der Waals surface area contributed by atoms with Crippen LogP contribution in [0.25, 0.3) is 6.08 Å². The monoisotopic (exact) mass is 330 g/mol. The van der Waals surface area contributed by atoms with Gasteiger partial charge < -0.3 is 4.74 Å². The van der Waals surface area contributed by atoms with E-state index in [1.807, 2.05) is 31.2 Å². The van der Waals surface area contributed by atoms with Crippen molar-refractivity contribution in [1.82, 2.24) is 0 Å². The third-order valence-electron chi connectivity index (χ3n) is 3.35. The second-order valence-electron chi connectivity index (χ2n) is 5.25. The van der Waals surface area contributed by atoms with Crippen LogP contribution in [0.3, 0.4) is 0 Å². The molecule has 4 nitrogen and oxygen atoms in total. The topological polar surface area (TPSA) is 60.4 Å². The second-order valence-corrected chi connectivity index (χ2v) is 7.23. The van der Waals surface area contributed by atoms with Crippen molar-refractivity contribution in [2.24, 2.45) is 0 Å². The van der Waals surface area contributed by atoms with Gasteiger partial charge in [0.05, 0.1) is 7.11 Å². The van der Waals surface area contributed by atoms with E-state index in [1.54, 1.807) is 6.08 Å². The van der Waals surface area contributed by atoms with Gasteiger partial charge in [0, 0.05) is 11.8 Å². The van der Waals surface area contributed by atoms with Gasteiger partial charge in [0.1, 0.15) is 10.6 Å². The Labute approximate surface area is 136 Å². The largest absolute Gasteiger partial charge is 0.495 e. The first-order valence-electron chi connectivity index (χ1n) is 6.98. The average Bonchev–Trinajstić information content (AvgIpc) is 2.52. The number of rotatable bonds is 5. The first kappa shape index (κ1) is 17.0. The number of aryl methyl sites for hydroxylation is 1. The second kappa shape index (κ2) is 6.79. The zero-order valence-corrected chi connectivity index (χ0v) is 14.1. The summed E-state index contributed by atoms with van der Waals surface area (Å²) in [4.78, 5) is 12.3. The van der Waals surface area contributed by atoms with Crippen molar-refractivity contribution in [3.63, 3.8) is 0 Å². The first-order valence-corrected chi connectivity index (χ1v) is 8.87. The number of ketones is 1. The molecule has 0 heterocycles. The highest BCUT2D eigenvalue weighted by atomic mass is 32.2. The average molecular weight is 330 g/mol. The quantitative estimate of drug-likeness (QED) is 0.623. The number of carbonyl (C=O) groups is 1. The number of hydrogen-bond acceptors (Lipinski definition) is 4. The highest BCUT2D eigenvalue weighted by Crippen LogP contribution is 2.25. The molecule has 0 saturated heterocycles. The maximum Gasteiger partial charge on any atom is 0.185 e. The van der Waals surface area contributed by atoms with Gasteiger partial charge in [-0.05, 0) is 36.8 Å². The summed E-state index contributed by atoms with van der Waals surface area (Å²) in [5, 5.41) is 0. The lowest BCUT2D eigenvalue weighted by Crippen LogP contribution is -2.03. The first-order chi connectivity index (χ1) is 10.8. The molecule has 120 valence electrons. The lowest BCUT2D eigenvalue weighted by atomic mass is 10.1. The molecule has 5 heteroatoms. The fraction of sp³-hybridized carbons (Fsp3) is 0.167. The summed E-state index contributed by atoms with van der Waals surface area (Å²) in [5.74, 6) is -0.0500. The number of hydrogen-bond donors (Lipinski definition) is 0. The molecule has 2 aromatic carbocycles. The highest BCUT2D eigenvalue weighted by Gasteiger charge is 2.16. The van der Waals surface area contributed by atoms with Gasteiger partial charge in [-0.1, -0.05) is 35.9 Å². The normalized spacial score (nSPS) is 11.6. The van der Waals surface area contributed by atoms with Gasteiger partial charge >= 0.3 is 0 Å². The fourth-order valence-electron chi connectivity index (χ4n) is 2.07. The molecule has 0 bridgehead atoms. The van der Waals surface area contributed by atoms with Crippen molar-refractivity contribution in [3.8, 4) is 5.75 Å². The smallest absolute Gasteiger partial charge is 0.185 e. The van der Waals surface area contributed by atoms with Crippen molar-refractivity contribution < 1.29 is 17.9 Å². The third kappa shape index (κ3) is 4.29. The Bertz CT molecular complexity index is 847. The van der Waals surface area contributed by atoms with E-state index in [1.165, 1.54) is 31.4 Å². The van der Waals surface area contributed by atoms with Crippen molar-refractivity contribution in [3.05, 3.63) is 65.2 Å². The standard InChI is InChI=1S/C18H18O4S/c1-13-4-6-14(7-5-13)8-10-16(19)15-9-11-18(23(3,20)21)17(12-15)22-2/h4-12H,1-3H3/b10-8-. The molecule has 0 aliphatic heterocycles. The molecular weight excluding hydrogens is 312 g/mol. The zero-order chi connectivity index (χ0) is 17.0. The van der Waals surface area contributed by atoms with Gasteiger partial charge in [0.2, 0.25) is 0 Å². The molecule has 0 N–H and O–H groups in total. The van der Waals surface area contributed by atoms with E-state index in [0.29, 0.717) is 5.56 Å². The van der Waals surface area contributed by atoms with E-state index >= 15 is 0 Å². The molecule has 0 radical (unpaired) electrons. The minimum atomic E-state index is -3.40. The molecule has 0 aliphatic carbocycles.